The van der Waals surface area contributed by atoms with Gasteiger partial charge >= 0.3 is 0 Å². The quantitative estimate of drug-likeness (QED) is 0.550. The fourth-order valence-corrected chi connectivity index (χ4v) is 6.82. The molecule has 0 amide bonds. The van der Waals surface area contributed by atoms with Crippen LogP contribution in [0.4, 0.5) is 0 Å². The molecule has 1 saturated carbocycles. The zero-order chi connectivity index (χ0) is 22.9. The molecular weight excluding hydrogens is 518 g/mol. The second kappa shape index (κ2) is 7.12. The van der Waals surface area contributed by atoms with Crippen LogP contribution in [0.1, 0.15) is 22.7 Å². The standard InChI is InChI=1S/C23H17BrClNO5S/c1-32(29,30)19-18(13-5-3-2-4-6-13)23(14-7-9-15(24)10-8-14)22(28,21(19)27)20-17(31-23)11-16(25)12-26-20/h2-12,18-19,28H,1H3. The molecule has 2 aromatic carbocycles. The summed E-state index contributed by atoms with van der Waals surface area (Å²) in [5, 5.41) is 10.9. The number of nitrogens with zero attached hydrogens (tertiary/aromatic N) is 1. The molecule has 0 spiro atoms. The first-order valence-corrected chi connectivity index (χ1v) is 12.8. The SMILES string of the molecule is CS(=O)(=O)C1C(=O)C2(O)c3ncc(Cl)cc3OC2(c2ccc(Br)cc2)C1c1ccccc1. The number of carbonyl (C=O) groups excluding carboxylic acids is 1. The maximum atomic E-state index is 13.8. The second-order valence-corrected chi connectivity index (χ2v) is 11.6. The van der Waals surface area contributed by atoms with Crippen molar-refractivity contribution in [1.82, 2.24) is 4.98 Å². The van der Waals surface area contributed by atoms with Crippen LogP contribution in [0, 0.1) is 0 Å². The Morgan fingerprint density at radius 3 is 2.41 bits per heavy atom. The third-order valence-electron chi connectivity index (χ3n) is 6.22. The van der Waals surface area contributed by atoms with Gasteiger partial charge in [-0.1, -0.05) is 70.0 Å². The highest BCUT2D eigenvalue weighted by molar-refractivity contribution is 9.10. The van der Waals surface area contributed by atoms with E-state index in [1.54, 1.807) is 54.6 Å². The number of pyridine rings is 1. The lowest BCUT2D eigenvalue weighted by molar-refractivity contribution is -0.151. The van der Waals surface area contributed by atoms with Gasteiger partial charge in [0.25, 0.3) is 0 Å². The molecule has 9 heteroatoms. The van der Waals surface area contributed by atoms with Crippen molar-refractivity contribution in [2.24, 2.45) is 0 Å². The van der Waals surface area contributed by atoms with Crippen molar-refractivity contribution < 1.29 is 23.1 Å². The fraction of sp³-hybridized carbons (Fsp3) is 0.217. The third-order valence-corrected chi connectivity index (χ3v) is 8.36. The van der Waals surface area contributed by atoms with E-state index in [9.17, 15) is 18.3 Å². The summed E-state index contributed by atoms with van der Waals surface area (Å²) in [5.41, 5.74) is -3.14. The van der Waals surface area contributed by atoms with Crippen molar-refractivity contribution in [2.45, 2.75) is 22.4 Å². The van der Waals surface area contributed by atoms with Gasteiger partial charge in [0.05, 0.1) is 10.9 Å². The number of Topliss-reactive ketones (excluding diaryl/α,β-unsaturated/α-hetero) is 1. The number of fused-ring (bicyclic) bond motifs is 3. The van der Waals surface area contributed by atoms with Gasteiger partial charge in [-0.25, -0.2) is 8.42 Å². The number of aliphatic hydroxyl groups is 1. The normalized spacial score (nSPS) is 28.8. The monoisotopic (exact) mass is 533 g/mol. The summed E-state index contributed by atoms with van der Waals surface area (Å²) in [6.45, 7) is 0. The Hall–Kier alpha value is -2.26. The van der Waals surface area contributed by atoms with E-state index in [0.29, 0.717) is 11.1 Å². The van der Waals surface area contributed by atoms with Gasteiger partial charge in [-0.05, 0) is 23.3 Å². The average Bonchev–Trinajstić information content (AvgIpc) is 3.12. The summed E-state index contributed by atoms with van der Waals surface area (Å²) in [4.78, 5) is 18.1. The van der Waals surface area contributed by atoms with Crippen LogP contribution in [0.15, 0.2) is 71.3 Å². The van der Waals surface area contributed by atoms with Crippen molar-refractivity contribution in [3.05, 3.63) is 93.2 Å². The summed E-state index contributed by atoms with van der Waals surface area (Å²) >= 11 is 9.51. The molecule has 0 saturated heterocycles. The van der Waals surface area contributed by atoms with Crippen molar-refractivity contribution in [2.75, 3.05) is 6.26 Å². The molecule has 0 bridgehead atoms. The van der Waals surface area contributed by atoms with E-state index < -0.39 is 38.0 Å². The van der Waals surface area contributed by atoms with E-state index in [-0.39, 0.29) is 16.5 Å². The molecule has 3 aromatic rings. The van der Waals surface area contributed by atoms with Gasteiger partial charge in [0.1, 0.15) is 16.7 Å². The molecule has 2 heterocycles. The zero-order valence-corrected chi connectivity index (χ0v) is 19.9. The number of hydrogen-bond acceptors (Lipinski definition) is 6. The van der Waals surface area contributed by atoms with E-state index in [4.69, 9.17) is 16.3 Å². The smallest absolute Gasteiger partial charge is 0.215 e. The fourth-order valence-electron chi connectivity index (χ4n) is 5.01. The topological polar surface area (TPSA) is 93.6 Å². The van der Waals surface area contributed by atoms with Crippen molar-refractivity contribution in [1.29, 1.82) is 0 Å². The number of sulfone groups is 1. The van der Waals surface area contributed by atoms with Crippen molar-refractivity contribution in [3.8, 4) is 5.75 Å². The number of ether oxygens (including phenoxy) is 1. The van der Waals surface area contributed by atoms with Gasteiger partial charge in [0.2, 0.25) is 5.60 Å². The maximum Gasteiger partial charge on any atom is 0.215 e. The molecular formula is C23H17BrClNO5S. The highest BCUT2D eigenvalue weighted by Crippen LogP contribution is 2.65. The highest BCUT2D eigenvalue weighted by atomic mass is 79.9. The average molecular weight is 535 g/mol. The molecule has 5 rings (SSSR count). The minimum atomic E-state index is -3.95. The number of aromatic nitrogens is 1. The lowest BCUT2D eigenvalue weighted by Crippen LogP contribution is -2.51. The summed E-state index contributed by atoms with van der Waals surface area (Å²) in [6.07, 6.45) is 2.30. The Bertz CT molecular complexity index is 1350. The van der Waals surface area contributed by atoms with E-state index in [2.05, 4.69) is 20.9 Å². The first kappa shape index (κ1) is 21.6. The molecule has 1 aliphatic heterocycles. The number of ketones is 1. The summed E-state index contributed by atoms with van der Waals surface area (Å²) in [6, 6.07) is 17.1. The van der Waals surface area contributed by atoms with Crippen molar-refractivity contribution in [3.63, 3.8) is 0 Å². The van der Waals surface area contributed by atoms with Crippen molar-refractivity contribution >= 4 is 43.2 Å². The number of benzene rings is 2. The van der Waals surface area contributed by atoms with Crippen LogP contribution in [0.3, 0.4) is 0 Å². The third kappa shape index (κ3) is 2.76. The van der Waals surface area contributed by atoms with Crippen LogP contribution in [-0.2, 0) is 25.8 Å². The van der Waals surface area contributed by atoms with Crippen LogP contribution in [-0.4, -0.2) is 35.8 Å². The van der Waals surface area contributed by atoms with Crippen LogP contribution in [0.2, 0.25) is 5.02 Å². The minimum absolute atomic E-state index is 0.0399. The van der Waals surface area contributed by atoms with Crippen LogP contribution in [0.25, 0.3) is 0 Å². The molecule has 4 atom stereocenters. The Labute approximate surface area is 198 Å². The Balaban J connectivity index is 1.91. The maximum absolute atomic E-state index is 13.8. The summed E-state index contributed by atoms with van der Waals surface area (Å²) in [5.74, 6) is -1.76. The Morgan fingerprint density at radius 1 is 1.12 bits per heavy atom. The largest absolute Gasteiger partial charge is 0.476 e. The lowest BCUT2D eigenvalue weighted by atomic mass is 9.72. The molecule has 1 fully saturated rings. The van der Waals surface area contributed by atoms with E-state index in [1.807, 2.05) is 0 Å². The van der Waals surface area contributed by atoms with Crippen LogP contribution >= 0.6 is 27.5 Å². The van der Waals surface area contributed by atoms with Gasteiger partial charge in [-0.15, -0.1) is 0 Å². The van der Waals surface area contributed by atoms with Gasteiger partial charge in [0.15, 0.2) is 21.2 Å². The molecule has 6 nitrogen and oxygen atoms in total. The van der Waals surface area contributed by atoms with Crippen LogP contribution < -0.4 is 4.74 Å². The number of hydrogen-bond donors (Lipinski definition) is 1. The predicted octanol–water partition coefficient (Wildman–Crippen LogP) is 3.75. The van der Waals surface area contributed by atoms with Crippen LogP contribution in [0.5, 0.6) is 5.75 Å². The Kier molecular flexibility index (Phi) is 4.80. The molecule has 1 aromatic heterocycles. The molecule has 32 heavy (non-hydrogen) atoms. The molecule has 2 aliphatic rings. The minimum Gasteiger partial charge on any atom is -0.476 e. The molecule has 4 unspecified atom stereocenters. The zero-order valence-electron chi connectivity index (χ0n) is 16.7. The van der Waals surface area contributed by atoms with Gasteiger partial charge in [-0.3, -0.25) is 9.78 Å². The van der Waals surface area contributed by atoms with E-state index >= 15 is 0 Å². The second-order valence-electron chi connectivity index (χ2n) is 8.06. The van der Waals surface area contributed by atoms with Gasteiger partial charge < -0.3 is 9.84 Å². The van der Waals surface area contributed by atoms with Gasteiger partial charge in [0, 0.05) is 23.0 Å². The molecule has 1 N–H and O–H groups in total. The summed E-state index contributed by atoms with van der Waals surface area (Å²) in [7, 11) is -3.95. The van der Waals surface area contributed by atoms with E-state index in [0.717, 1.165) is 10.7 Å². The number of rotatable bonds is 3. The number of halogens is 2. The molecule has 164 valence electrons. The van der Waals surface area contributed by atoms with Gasteiger partial charge in [-0.2, -0.15) is 0 Å². The lowest BCUT2D eigenvalue weighted by Gasteiger charge is -2.39. The highest BCUT2D eigenvalue weighted by Gasteiger charge is 2.79. The molecule has 0 radical (unpaired) electrons. The Morgan fingerprint density at radius 2 is 1.78 bits per heavy atom. The predicted molar refractivity (Wildman–Crippen MR) is 122 cm³/mol. The molecule has 1 aliphatic carbocycles. The van der Waals surface area contributed by atoms with E-state index in [1.165, 1.54) is 12.3 Å². The number of carbonyl (C=O) groups is 1. The summed E-state index contributed by atoms with van der Waals surface area (Å²) < 4.78 is 33.1. The first-order chi connectivity index (χ1) is 15.1. The first-order valence-electron chi connectivity index (χ1n) is 9.72.